The Morgan fingerprint density at radius 1 is 1.33 bits per heavy atom. The molecule has 0 N–H and O–H groups in total. The quantitative estimate of drug-likeness (QED) is 0.710. The molecule has 0 spiro atoms. The van der Waals surface area contributed by atoms with E-state index in [1.54, 1.807) is 17.1 Å². The maximum Gasteiger partial charge on any atom is 0.274 e. The molecule has 4 rings (SSSR count). The van der Waals surface area contributed by atoms with Crippen LogP contribution in [0.25, 0.3) is 11.3 Å². The molecule has 1 fully saturated rings. The summed E-state index contributed by atoms with van der Waals surface area (Å²) < 4.78 is 7.06. The number of hydrogen-bond donors (Lipinski definition) is 0. The van der Waals surface area contributed by atoms with Crippen molar-refractivity contribution in [1.29, 1.82) is 0 Å². The van der Waals surface area contributed by atoms with E-state index in [0.717, 1.165) is 54.3 Å². The van der Waals surface area contributed by atoms with Crippen LogP contribution >= 0.6 is 0 Å². The lowest BCUT2D eigenvalue weighted by molar-refractivity contribution is 0.0781. The topological polar surface area (TPSA) is 77.0 Å². The van der Waals surface area contributed by atoms with Gasteiger partial charge in [0.1, 0.15) is 11.5 Å². The SMILES string of the molecule is Cc1noc(C)c1-c1cccc(CC2CCN(C(=O)c3cn(C)cn3)C2)n1. The number of carbonyl (C=O) groups is 1. The van der Waals surface area contributed by atoms with Crippen molar-refractivity contribution in [2.45, 2.75) is 26.7 Å². The highest BCUT2D eigenvalue weighted by Crippen LogP contribution is 2.27. The van der Waals surface area contributed by atoms with Gasteiger partial charge in [-0.3, -0.25) is 9.78 Å². The standard InChI is InChI=1S/C20H23N5O2/c1-13-19(14(2)27-23-13)17-6-4-5-16(22-17)9-15-7-8-25(10-15)20(26)18-11-24(3)12-21-18/h4-6,11-12,15H,7-10H2,1-3H3. The Bertz CT molecular complexity index is 955. The molecule has 3 aromatic heterocycles. The van der Waals surface area contributed by atoms with Gasteiger partial charge in [0.2, 0.25) is 0 Å². The second kappa shape index (κ2) is 6.98. The fraction of sp³-hybridized carbons (Fsp3) is 0.400. The average molecular weight is 365 g/mol. The molecule has 1 amide bonds. The Balaban J connectivity index is 1.45. The zero-order valence-electron chi connectivity index (χ0n) is 15.8. The largest absolute Gasteiger partial charge is 0.361 e. The lowest BCUT2D eigenvalue weighted by Gasteiger charge is -2.15. The van der Waals surface area contributed by atoms with E-state index in [2.05, 4.69) is 10.1 Å². The highest BCUT2D eigenvalue weighted by atomic mass is 16.5. The van der Waals surface area contributed by atoms with E-state index in [-0.39, 0.29) is 5.91 Å². The Morgan fingerprint density at radius 2 is 2.19 bits per heavy atom. The minimum absolute atomic E-state index is 0.00975. The first-order valence-corrected chi connectivity index (χ1v) is 9.17. The molecule has 7 nitrogen and oxygen atoms in total. The van der Waals surface area contributed by atoms with Crippen molar-refractivity contribution >= 4 is 5.91 Å². The predicted octanol–water partition coefficient (Wildman–Crippen LogP) is 2.79. The first-order valence-electron chi connectivity index (χ1n) is 9.17. The molecular weight excluding hydrogens is 342 g/mol. The molecule has 7 heteroatoms. The molecule has 0 saturated carbocycles. The van der Waals surface area contributed by atoms with Crippen molar-refractivity contribution in [2.75, 3.05) is 13.1 Å². The molecule has 1 aliphatic rings. The molecule has 1 unspecified atom stereocenters. The van der Waals surface area contributed by atoms with E-state index in [1.807, 2.05) is 44.0 Å². The van der Waals surface area contributed by atoms with E-state index in [1.165, 1.54) is 0 Å². The number of likely N-dealkylation sites (tertiary alicyclic amines) is 1. The number of hydrogen-bond acceptors (Lipinski definition) is 5. The molecular formula is C20H23N5O2. The van der Waals surface area contributed by atoms with Gasteiger partial charge in [0.05, 0.1) is 23.3 Å². The number of pyridine rings is 1. The third-order valence-electron chi connectivity index (χ3n) is 5.09. The summed E-state index contributed by atoms with van der Waals surface area (Å²) in [6.07, 6.45) is 5.26. The lowest BCUT2D eigenvalue weighted by atomic mass is 10.0. The van der Waals surface area contributed by atoms with Crippen LogP contribution in [0.2, 0.25) is 0 Å². The second-order valence-electron chi connectivity index (χ2n) is 7.25. The highest BCUT2D eigenvalue weighted by molar-refractivity contribution is 5.92. The summed E-state index contributed by atoms with van der Waals surface area (Å²) in [4.78, 5) is 23.4. The molecule has 140 valence electrons. The molecule has 0 aromatic carbocycles. The molecule has 1 saturated heterocycles. The summed E-state index contributed by atoms with van der Waals surface area (Å²) in [6.45, 7) is 5.34. The van der Waals surface area contributed by atoms with Crippen LogP contribution < -0.4 is 0 Å². The van der Waals surface area contributed by atoms with Gasteiger partial charge in [0, 0.05) is 32.0 Å². The van der Waals surface area contributed by atoms with Crippen LogP contribution in [0.15, 0.2) is 35.2 Å². The molecule has 1 atom stereocenters. The van der Waals surface area contributed by atoms with Gasteiger partial charge in [-0.15, -0.1) is 0 Å². The van der Waals surface area contributed by atoms with Crippen LogP contribution in [0.1, 0.15) is 34.1 Å². The van der Waals surface area contributed by atoms with Crippen LogP contribution in [0.5, 0.6) is 0 Å². The average Bonchev–Trinajstić information content (AvgIpc) is 3.36. The van der Waals surface area contributed by atoms with Gasteiger partial charge in [-0.05, 0) is 44.7 Å². The Hall–Kier alpha value is -2.96. The summed E-state index contributed by atoms with van der Waals surface area (Å²) >= 11 is 0. The number of carbonyl (C=O) groups excluding carboxylic acids is 1. The fourth-order valence-corrected chi connectivity index (χ4v) is 3.75. The molecule has 27 heavy (non-hydrogen) atoms. The minimum Gasteiger partial charge on any atom is -0.361 e. The third-order valence-corrected chi connectivity index (χ3v) is 5.09. The molecule has 1 aliphatic heterocycles. The zero-order chi connectivity index (χ0) is 19.0. The Kier molecular flexibility index (Phi) is 4.51. The molecule has 0 radical (unpaired) electrons. The van der Waals surface area contributed by atoms with Crippen molar-refractivity contribution in [3.8, 4) is 11.3 Å². The third kappa shape index (κ3) is 3.49. The maximum atomic E-state index is 12.6. The van der Waals surface area contributed by atoms with Gasteiger partial charge in [0.25, 0.3) is 5.91 Å². The van der Waals surface area contributed by atoms with E-state index in [0.29, 0.717) is 11.6 Å². The van der Waals surface area contributed by atoms with Crippen molar-refractivity contribution in [2.24, 2.45) is 13.0 Å². The first kappa shape index (κ1) is 17.5. The van der Waals surface area contributed by atoms with Crippen LogP contribution in [-0.2, 0) is 13.5 Å². The number of imidazole rings is 1. The summed E-state index contributed by atoms with van der Waals surface area (Å²) in [5, 5.41) is 4.02. The summed E-state index contributed by atoms with van der Waals surface area (Å²) in [7, 11) is 1.87. The normalized spacial score (nSPS) is 16.9. The van der Waals surface area contributed by atoms with Crippen molar-refractivity contribution in [3.63, 3.8) is 0 Å². The summed E-state index contributed by atoms with van der Waals surface area (Å²) in [5.74, 6) is 1.20. The second-order valence-corrected chi connectivity index (χ2v) is 7.25. The minimum atomic E-state index is 0.00975. The van der Waals surface area contributed by atoms with Gasteiger partial charge < -0.3 is 14.0 Å². The maximum absolute atomic E-state index is 12.6. The molecule has 4 heterocycles. The van der Waals surface area contributed by atoms with Gasteiger partial charge >= 0.3 is 0 Å². The lowest BCUT2D eigenvalue weighted by Crippen LogP contribution is -2.29. The summed E-state index contributed by atoms with van der Waals surface area (Å²) in [5.41, 5.74) is 4.25. The number of aromatic nitrogens is 4. The van der Waals surface area contributed by atoms with Crippen LogP contribution in [-0.4, -0.2) is 43.6 Å². The van der Waals surface area contributed by atoms with E-state index in [9.17, 15) is 4.79 Å². The van der Waals surface area contributed by atoms with Gasteiger partial charge in [0.15, 0.2) is 0 Å². The van der Waals surface area contributed by atoms with Crippen LogP contribution in [0.4, 0.5) is 0 Å². The van der Waals surface area contributed by atoms with E-state index in [4.69, 9.17) is 9.51 Å². The van der Waals surface area contributed by atoms with Crippen LogP contribution in [0.3, 0.4) is 0 Å². The first-order chi connectivity index (χ1) is 13.0. The van der Waals surface area contributed by atoms with Crippen molar-refractivity contribution in [1.82, 2.24) is 24.6 Å². The van der Waals surface area contributed by atoms with Gasteiger partial charge in [-0.25, -0.2) is 4.98 Å². The van der Waals surface area contributed by atoms with Crippen molar-refractivity contribution < 1.29 is 9.32 Å². The molecule has 3 aromatic rings. The highest BCUT2D eigenvalue weighted by Gasteiger charge is 2.28. The summed E-state index contributed by atoms with van der Waals surface area (Å²) in [6, 6.07) is 6.06. The Morgan fingerprint density at radius 3 is 2.89 bits per heavy atom. The zero-order valence-corrected chi connectivity index (χ0v) is 15.8. The van der Waals surface area contributed by atoms with Gasteiger partial charge in [-0.1, -0.05) is 11.2 Å². The van der Waals surface area contributed by atoms with E-state index < -0.39 is 0 Å². The van der Waals surface area contributed by atoms with Gasteiger partial charge in [-0.2, -0.15) is 0 Å². The van der Waals surface area contributed by atoms with Crippen LogP contribution in [0, 0.1) is 19.8 Å². The monoisotopic (exact) mass is 365 g/mol. The smallest absolute Gasteiger partial charge is 0.274 e. The number of nitrogens with zero attached hydrogens (tertiary/aromatic N) is 5. The number of aryl methyl sites for hydroxylation is 3. The van der Waals surface area contributed by atoms with Crippen molar-refractivity contribution in [3.05, 3.63) is 53.6 Å². The Labute approximate surface area is 158 Å². The molecule has 0 aliphatic carbocycles. The predicted molar refractivity (Wildman–Crippen MR) is 100 cm³/mol. The van der Waals surface area contributed by atoms with E-state index >= 15 is 0 Å². The number of amides is 1. The fourth-order valence-electron chi connectivity index (χ4n) is 3.75. The number of rotatable bonds is 4. The molecule has 0 bridgehead atoms.